The first-order chi connectivity index (χ1) is 14.2. The van der Waals surface area contributed by atoms with E-state index >= 15 is 0 Å². The number of rotatable bonds is 9. The molecule has 3 rings (SSSR count). The summed E-state index contributed by atoms with van der Waals surface area (Å²) in [6.45, 7) is 6.07. The molecule has 1 aromatic heterocycles. The molecule has 0 bridgehead atoms. The van der Waals surface area contributed by atoms with Gasteiger partial charge in [0.15, 0.2) is 17.5 Å². The second kappa shape index (κ2) is 10.4. The topological polar surface area (TPSA) is 83.6 Å². The Morgan fingerprint density at radius 3 is 2.76 bits per heavy atom. The molecular formula is C22H29N5O2. The second-order valence-corrected chi connectivity index (χ2v) is 6.49. The number of aryl methyl sites for hydroxylation is 1. The minimum absolute atomic E-state index is 0.596. The van der Waals surface area contributed by atoms with Gasteiger partial charge in [-0.1, -0.05) is 12.1 Å². The molecule has 0 atom stereocenters. The monoisotopic (exact) mass is 395 g/mol. The van der Waals surface area contributed by atoms with Crippen molar-refractivity contribution in [3.63, 3.8) is 0 Å². The molecule has 7 nitrogen and oxygen atoms in total. The number of aliphatic imine (C=N–C) groups is 1. The first-order valence-corrected chi connectivity index (χ1v) is 10.0. The summed E-state index contributed by atoms with van der Waals surface area (Å²) in [5.41, 5.74) is 2.97. The van der Waals surface area contributed by atoms with Crippen LogP contribution in [0.2, 0.25) is 0 Å². The lowest BCUT2D eigenvalue weighted by Crippen LogP contribution is -2.30. The van der Waals surface area contributed by atoms with E-state index < -0.39 is 0 Å². The van der Waals surface area contributed by atoms with Crippen molar-refractivity contribution in [2.75, 3.05) is 32.1 Å². The number of hydrogen-bond acceptors (Lipinski definition) is 4. The van der Waals surface area contributed by atoms with Gasteiger partial charge >= 0.3 is 0 Å². The highest BCUT2D eigenvalue weighted by Crippen LogP contribution is 2.30. The van der Waals surface area contributed by atoms with Crippen LogP contribution < -0.4 is 20.1 Å². The summed E-state index contributed by atoms with van der Waals surface area (Å²) < 4.78 is 11.0. The smallest absolute Gasteiger partial charge is 0.195 e. The van der Waals surface area contributed by atoms with Gasteiger partial charge in [-0.2, -0.15) is 0 Å². The fourth-order valence-corrected chi connectivity index (χ4v) is 3.03. The number of benzene rings is 2. The van der Waals surface area contributed by atoms with Gasteiger partial charge in [0.1, 0.15) is 5.82 Å². The van der Waals surface area contributed by atoms with Crippen LogP contribution in [0.5, 0.6) is 11.5 Å². The lowest BCUT2D eigenvalue weighted by atomic mass is 10.2. The zero-order chi connectivity index (χ0) is 20.5. The van der Waals surface area contributed by atoms with E-state index in [1.54, 1.807) is 7.11 Å². The highest BCUT2D eigenvalue weighted by molar-refractivity contribution is 5.93. The van der Waals surface area contributed by atoms with Crippen LogP contribution in [-0.2, 0) is 6.42 Å². The molecule has 0 aliphatic heterocycles. The molecule has 7 heteroatoms. The van der Waals surface area contributed by atoms with Crippen molar-refractivity contribution in [3.05, 3.63) is 48.3 Å². The Morgan fingerprint density at radius 1 is 1.14 bits per heavy atom. The van der Waals surface area contributed by atoms with Crippen molar-refractivity contribution in [3.8, 4) is 11.5 Å². The summed E-state index contributed by atoms with van der Waals surface area (Å²) in [7, 11) is 1.64. The number of hydrogen-bond donors (Lipinski definition) is 3. The number of aromatic nitrogens is 2. The number of imidazole rings is 1. The van der Waals surface area contributed by atoms with Gasteiger partial charge in [0.25, 0.3) is 0 Å². The van der Waals surface area contributed by atoms with E-state index in [2.05, 4.69) is 25.6 Å². The average Bonchev–Trinajstić information content (AvgIpc) is 3.15. The molecule has 0 radical (unpaired) electrons. The minimum Gasteiger partial charge on any atom is -0.493 e. The van der Waals surface area contributed by atoms with E-state index in [1.807, 2.05) is 56.3 Å². The van der Waals surface area contributed by atoms with Crippen LogP contribution in [0.25, 0.3) is 11.0 Å². The number of methoxy groups -OCH3 is 1. The molecule has 1 heterocycles. The van der Waals surface area contributed by atoms with E-state index in [4.69, 9.17) is 9.47 Å². The molecule has 29 heavy (non-hydrogen) atoms. The van der Waals surface area contributed by atoms with Gasteiger partial charge in [-0.25, -0.2) is 4.98 Å². The summed E-state index contributed by atoms with van der Waals surface area (Å²) >= 11 is 0. The van der Waals surface area contributed by atoms with Gasteiger partial charge in [-0.15, -0.1) is 0 Å². The Bertz CT molecular complexity index is 918. The first kappa shape index (κ1) is 20.5. The maximum atomic E-state index is 5.57. The Balaban J connectivity index is 1.59. The van der Waals surface area contributed by atoms with Gasteiger partial charge in [-0.05, 0) is 44.5 Å². The highest BCUT2D eigenvalue weighted by Gasteiger charge is 2.07. The molecule has 0 spiro atoms. The summed E-state index contributed by atoms with van der Waals surface area (Å²) in [4.78, 5) is 12.6. The molecule has 0 amide bonds. The van der Waals surface area contributed by atoms with Crippen molar-refractivity contribution in [1.29, 1.82) is 0 Å². The predicted octanol–water partition coefficient (Wildman–Crippen LogP) is 3.98. The van der Waals surface area contributed by atoms with Crippen molar-refractivity contribution < 1.29 is 9.47 Å². The fraction of sp³-hybridized carbons (Fsp3) is 0.364. The Labute approximate surface area is 171 Å². The van der Waals surface area contributed by atoms with Gasteiger partial charge in [-0.3, -0.25) is 4.99 Å². The largest absolute Gasteiger partial charge is 0.493 e. The lowest BCUT2D eigenvalue weighted by Gasteiger charge is -2.14. The molecule has 3 N–H and O–H groups in total. The average molecular weight is 396 g/mol. The van der Waals surface area contributed by atoms with Crippen LogP contribution in [0.3, 0.4) is 0 Å². The lowest BCUT2D eigenvalue weighted by molar-refractivity contribution is 0.311. The molecule has 154 valence electrons. The third-order valence-electron chi connectivity index (χ3n) is 4.35. The molecular weight excluding hydrogens is 366 g/mol. The standard InChI is InChI=1S/C22H29N5O2/c1-4-23-22(25-16-12-13-19(29-5-2)20(15-16)28-3)24-14-8-11-21-26-17-9-6-7-10-18(17)27-21/h6-7,9-10,12-13,15H,4-5,8,11,14H2,1-3H3,(H,26,27)(H2,23,24,25). The first-order valence-electron chi connectivity index (χ1n) is 10.0. The van der Waals surface area contributed by atoms with Crippen LogP contribution in [-0.4, -0.2) is 42.7 Å². The van der Waals surface area contributed by atoms with E-state index in [9.17, 15) is 0 Å². The number of nitrogens with one attached hydrogen (secondary N) is 3. The number of fused-ring (bicyclic) bond motifs is 1. The Morgan fingerprint density at radius 2 is 2.00 bits per heavy atom. The second-order valence-electron chi connectivity index (χ2n) is 6.49. The van der Waals surface area contributed by atoms with E-state index in [0.29, 0.717) is 18.9 Å². The van der Waals surface area contributed by atoms with Crippen LogP contribution in [0.4, 0.5) is 5.69 Å². The summed E-state index contributed by atoms with van der Waals surface area (Å²) in [6, 6.07) is 13.8. The molecule has 0 aliphatic rings. The van der Waals surface area contributed by atoms with Crippen LogP contribution in [0.1, 0.15) is 26.1 Å². The van der Waals surface area contributed by atoms with E-state index in [-0.39, 0.29) is 0 Å². The summed E-state index contributed by atoms with van der Waals surface area (Å²) in [6.07, 6.45) is 1.76. The van der Waals surface area contributed by atoms with Crippen molar-refractivity contribution >= 4 is 22.7 Å². The van der Waals surface area contributed by atoms with E-state index in [1.165, 1.54) is 0 Å². The van der Waals surface area contributed by atoms with Gasteiger partial charge in [0.05, 0.1) is 24.8 Å². The Kier molecular flexibility index (Phi) is 7.33. The van der Waals surface area contributed by atoms with Crippen molar-refractivity contribution in [1.82, 2.24) is 15.3 Å². The van der Waals surface area contributed by atoms with Crippen LogP contribution in [0.15, 0.2) is 47.5 Å². The predicted molar refractivity (Wildman–Crippen MR) is 118 cm³/mol. The maximum absolute atomic E-state index is 5.57. The number of guanidine groups is 1. The third kappa shape index (κ3) is 5.63. The molecule has 0 aliphatic carbocycles. The zero-order valence-electron chi connectivity index (χ0n) is 17.3. The normalized spacial score (nSPS) is 11.5. The molecule has 3 aromatic rings. The number of aromatic amines is 1. The molecule has 0 saturated heterocycles. The number of ether oxygens (including phenoxy) is 2. The van der Waals surface area contributed by atoms with Crippen molar-refractivity contribution in [2.45, 2.75) is 26.7 Å². The molecule has 0 saturated carbocycles. The van der Waals surface area contributed by atoms with Gasteiger partial charge < -0.3 is 25.1 Å². The van der Waals surface area contributed by atoms with Crippen molar-refractivity contribution in [2.24, 2.45) is 4.99 Å². The quantitative estimate of drug-likeness (QED) is 0.290. The van der Waals surface area contributed by atoms with Gasteiger partial charge in [0, 0.05) is 31.3 Å². The third-order valence-corrected chi connectivity index (χ3v) is 4.35. The highest BCUT2D eigenvalue weighted by atomic mass is 16.5. The van der Waals surface area contributed by atoms with Crippen LogP contribution in [0, 0.1) is 0 Å². The number of anilines is 1. The molecule has 2 aromatic carbocycles. The molecule has 0 fully saturated rings. The summed E-state index contributed by atoms with van der Waals surface area (Å²) in [5, 5.41) is 6.60. The molecule has 0 unspecified atom stereocenters. The summed E-state index contributed by atoms with van der Waals surface area (Å²) in [5.74, 6) is 3.16. The SMILES string of the molecule is CCNC(=NCCCc1nc2ccccc2[nH]1)Nc1ccc(OCC)c(OC)c1. The fourth-order valence-electron chi connectivity index (χ4n) is 3.03. The number of para-hydroxylation sites is 2. The van der Waals surface area contributed by atoms with Gasteiger partial charge in [0.2, 0.25) is 0 Å². The minimum atomic E-state index is 0.596. The Hall–Kier alpha value is -3.22. The number of H-pyrrole nitrogens is 1. The number of nitrogens with zero attached hydrogens (tertiary/aromatic N) is 2. The zero-order valence-corrected chi connectivity index (χ0v) is 17.3. The van der Waals surface area contributed by atoms with Crippen LogP contribution >= 0.6 is 0 Å². The maximum Gasteiger partial charge on any atom is 0.195 e. The van der Waals surface area contributed by atoms with E-state index in [0.717, 1.165) is 53.6 Å².